The molecule has 5 heteroatoms. The third-order valence-electron chi connectivity index (χ3n) is 1.65. The van der Waals surface area contributed by atoms with E-state index in [-0.39, 0.29) is 5.91 Å². The maximum atomic E-state index is 10.6. The van der Waals surface area contributed by atoms with E-state index in [2.05, 4.69) is 10.6 Å². The van der Waals surface area contributed by atoms with E-state index in [1.807, 2.05) is 7.05 Å². The summed E-state index contributed by atoms with van der Waals surface area (Å²) < 4.78 is 5.30. The molecule has 0 radical (unpaired) electrons. The molecule has 1 amide bonds. The largest absolute Gasteiger partial charge is 0.387 e. The summed E-state index contributed by atoms with van der Waals surface area (Å²) in [4.78, 5) is 10.6. The number of amides is 1. The summed E-state index contributed by atoms with van der Waals surface area (Å²) >= 11 is 0. The van der Waals surface area contributed by atoms with Crippen LogP contribution >= 0.6 is 0 Å². The third kappa shape index (κ3) is 9.44. The first-order valence-electron chi connectivity index (χ1n) is 4.91. The quantitative estimate of drug-likeness (QED) is 0.426. The molecule has 0 unspecified atom stereocenters. The standard InChI is InChI=1S/C9H20N2O3/c1-10-4-2-6-14-7-3-5-11-9(13)8-12/h10,12H,2-8H2,1H3,(H,11,13). The molecule has 0 aromatic rings. The SMILES string of the molecule is CNCCCOCCCNC(=O)CO. The molecule has 0 fully saturated rings. The predicted molar refractivity (Wildman–Crippen MR) is 54.1 cm³/mol. The number of ether oxygens (including phenoxy) is 1. The molecule has 0 aromatic heterocycles. The van der Waals surface area contributed by atoms with Gasteiger partial charge in [-0.25, -0.2) is 0 Å². The second kappa shape index (κ2) is 10.4. The summed E-state index contributed by atoms with van der Waals surface area (Å²) in [5, 5.41) is 14.0. The van der Waals surface area contributed by atoms with Crippen molar-refractivity contribution in [3.05, 3.63) is 0 Å². The number of aliphatic hydroxyl groups is 1. The van der Waals surface area contributed by atoms with E-state index in [1.165, 1.54) is 0 Å². The Balaban J connectivity index is 2.95. The van der Waals surface area contributed by atoms with Gasteiger partial charge in [-0.3, -0.25) is 4.79 Å². The Morgan fingerprint density at radius 3 is 2.50 bits per heavy atom. The first-order chi connectivity index (χ1) is 6.81. The van der Waals surface area contributed by atoms with Crippen molar-refractivity contribution in [1.29, 1.82) is 0 Å². The van der Waals surface area contributed by atoms with Crippen LogP contribution in [0.1, 0.15) is 12.8 Å². The molecule has 0 spiro atoms. The molecule has 0 atom stereocenters. The van der Waals surface area contributed by atoms with Crippen LogP contribution in [0.5, 0.6) is 0 Å². The van der Waals surface area contributed by atoms with Crippen LogP contribution in [0.3, 0.4) is 0 Å². The van der Waals surface area contributed by atoms with Crippen LogP contribution in [0, 0.1) is 0 Å². The lowest BCUT2D eigenvalue weighted by molar-refractivity contribution is -0.123. The van der Waals surface area contributed by atoms with Gasteiger partial charge in [0.05, 0.1) is 0 Å². The van der Waals surface area contributed by atoms with Crippen LogP contribution in [0.2, 0.25) is 0 Å². The van der Waals surface area contributed by atoms with Crippen LogP contribution in [-0.4, -0.2) is 51.0 Å². The number of hydrogen-bond donors (Lipinski definition) is 3. The van der Waals surface area contributed by atoms with E-state index >= 15 is 0 Å². The molecule has 0 aromatic carbocycles. The molecule has 3 N–H and O–H groups in total. The molecule has 84 valence electrons. The summed E-state index contributed by atoms with van der Waals surface area (Å²) in [6, 6.07) is 0. The monoisotopic (exact) mass is 204 g/mol. The van der Waals surface area contributed by atoms with Gasteiger partial charge in [-0.1, -0.05) is 0 Å². The van der Waals surface area contributed by atoms with Crippen molar-refractivity contribution in [2.75, 3.05) is 40.0 Å². The second-order valence-electron chi connectivity index (χ2n) is 2.93. The zero-order valence-corrected chi connectivity index (χ0v) is 8.71. The molecular weight excluding hydrogens is 184 g/mol. The number of aliphatic hydroxyl groups excluding tert-OH is 1. The predicted octanol–water partition coefficient (Wildman–Crippen LogP) is -0.889. The summed E-state index contributed by atoms with van der Waals surface area (Å²) in [5.74, 6) is -0.333. The maximum absolute atomic E-state index is 10.6. The number of hydrogen-bond acceptors (Lipinski definition) is 4. The molecule has 0 aliphatic carbocycles. The van der Waals surface area contributed by atoms with E-state index in [1.54, 1.807) is 0 Å². The molecule has 0 aliphatic heterocycles. The van der Waals surface area contributed by atoms with Gasteiger partial charge in [0.15, 0.2) is 0 Å². The second-order valence-corrected chi connectivity index (χ2v) is 2.93. The highest BCUT2D eigenvalue weighted by molar-refractivity contribution is 5.76. The highest BCUT2D eigenvalue weighted by Gasteiger charge is 1.95. The molecule has 0 rings (SSSR count). The van der Waals surface area contributed by atoms with Crippen LogP contribution in [0.4, 0.5) is 0 Å². The fourth-order valence-electron chi connectivity index (χ4n) is 0.911. The summed E-state index contributed by atoms with van der Waals surface area (Å²) in [6.07, 6.45) is 1.78. The highest BCUT2D eigenvalue weighted by Crippen LogP contribution is 1.84. The Hall–Kier alpha value is -0.650. The van der Waals surface area contributed by atoms with E-state index in [4.69, 9.17) is 9.84 Å². The summed E-state index contributed by atoms with van der Waals surface area (Å²) in [6.45, 7) is 2.47. The topological polar surface area (TPSA) is 70.6 Å². The number of carbonyl (C=O) groups is 1. The molecule has 0 saturated carbocycles. The number of carbonyl (C=O) groups excluding carboxylic acids is 1. The van der Waals surface area contributed by atoms with E-state index in [0.29, 0.717) is 13.2 Å². The van der Waals surface area contributed by atoms with Gasteiger partial charge in [0.2, 0.25) is 5.91 Å². The van der Waals surface area contributed by atoms with Gasteiger partial charge in [0.25, 0.3) is 0 Å². The van der Waals surface area contributed by atoms with Crippen molar-refractivity contribution in [2.45, 2.75) is 12.8 Å². The van der Waals surface area contributed by atoms with Gasteiger partial charge < -0.3 is 20.5 Å². The van der Waals surface area contributed by atoms with Gasteiger partial charge >= 0.3 is 0 Å². The fourth-order valence-corrected chi connectivity index (χ4v) is 0.911. The molecule has 5 nitrogen and oxygen atoms in total. The minimum Gasteiger partial charge on any atom is -0.387 e. The van der Waals surface area contributed by atoms with Crippen molar-refractivity contribution in [2.24, 2.45) is 0 Å². The Morgan fingerprint density at radius 1 is 1.29 bits per heavy atom. The van der Waals surface area contributed by atoms with E-state index < -0.39 is 6.61 Å². The molecule has 14 heavy (non-hydrogen) atoms. The van der Waals surface area contributed by atoms with Gasteiger partial charge in [-0.15, -0.1) is 0 Å². The average Bonchev–Trinajstić information content (AvgIpc) is 2.21. The molecule has 0 saturated heterocycles. The maximum Gasteiger partial charge on any atom is 0.245 e. The minimum absolute atomic E-state index is 0.333. The lowest BCUT2D eigenvalue weighted by Crippen LogP contribution is -2.27. The van der Waals surface area contributed by atoms with Crippen LogP contribution in [-0.2, 0) is 9.53 Å². The van der Waals surface area contributed by atoms with E-state index in [9.17, 15) is 4.79 Å². The lowest BCUT2D eigenvalue weighted by atomic mass is 10.4. The van der Waals surface area contributed by atoms with E-state index in [0.717, 1.165) is 26.0 Å². The Bertz CT molecular complexity index is 142. The Kier molecular flexibility index (Phi) is 9.95. The molecule has 0 aliphatic rings. The lowest BCUT2D eigenvalue weighted by Gasteiger charge is -2.04. The molecular formula is C9H20N2O3. The normalized spacial score (nSPS) is 10.1. The van der Waals surface area contributed by atoms with Gasteiger partial charge in [0, 0.05) is 19.8 Å². The zero-order valence-electron chi connectivity index (χ0n) is 8.71. The molecule has 0 bridgehead atoms. The zero-order chi connectivity index (χ0) is 10.6. The summed E-state index contributed by atoms with van der Waals surface area (Å²) in [7, 11) is 1.91. The average molecular weight is 204 g/mol. The van der Waals surface area contributed by atoms with Crippen molar-refractivity contribution in [3.63, 3.8) is 0 Å². The van der Waals surface area contributed by atoms with Gasteiger partial charge in [-0.05, 0) is 26.4 Å². The van der Waals surface area contributed by atoms with Gasteiger partial charge in [0.1, 0.15) is 6.61 Å². The van der Waals surface area contributed by atoms with Crippen molar-refractivity contribution in [1.82, 2.24) is 10.6 Å². The third-order valence-corrected chi connectivity index (χ3v) is 1.65. The smallest absolute Gasteiger partial charge is 0.245 e. The Morgan fingerprint density at radius 2 is 1.93 bits per heavy atom. The summed E-state index contributed by atoms with van der Waals surface area (Å²) in [5.41, 5.74) is 0. The van der Waals surface area contributed by atoms with Gasteiger partial charge in [-0.2, -0.15) is 0 Å². The first-order valence-corrected chi connectivity index (χ1v) is 4.91. The minimum atomic E-state index is -0.441. The molecule has 0 heterocycles. The van der Waals surface area contributed by atoms with Crippen molar-refractivity contribution >= 4 is 5.91 Å². The number of rotatable bonds is 9. The highest BCUT2D eigenvalue weighted by atomic mass is 16.5. The fraction of sp³-hybridized carbons (Fsp3) is 0.889. The Labute approximate surface area is 84.8 Å². The van der Waals surface area contributed by atoms with Crippen LogP contribution in [0.15, 0.2) is 0 Å². The van der Waals surface area contributed by atoms with Crippen LogP contribution in [0.25, 0.3) is 0 Å². The first kappa shape index (κ1) is 13.4. The van der Waals surface area contributed by atoms with Crippen molar-refractivity contribution in [3.8, 4) is 0 Å². The van der Waals surface area contributed by atoms with Crippen LogP contribution < -0.4 is 10.6 Å². The van der Waals surface area contributed by atoms with Crippen molar-refractivity contribution < 1.29 is 14.6 Å². The number of nitrogens with one attached hydrogen (secondary N) is 2.